The number of pyridine rings is 1. The first-order chi connectivity index (χ1) is 14.9. The lowest BCUT2D eigenvalue weighted by molar-refractivity contribution is -0.136. The fourth-order valence-electron chi connectivity index (χ4n) is 4.19. The number of halogens is 1. The highest BCUT2D eigenvalue weighted by Crippen LogP contribution is 2.31. The van der Waals surface area contributed by atoms with Crippen molar-refractivity contribution < 1.29 is 14.3 Å². The predicted molar refractivity (Wildman–Crippen MR) is 122 cm³/mol. The van der Waals surface area contributed by atoms with Crippen molar-refractivity contribution in [2.24, 2.45) is 5.92 Å². The van der Waals surface area contributed by atoms with Crippen molar-refractivity contribution in [1.82, 2.24) is 9.88 Å². The molecule has 0 N–H and O–H groups in total. The van der Waals surface area contributed by atoms with Gasteiger partial charge in [-0.1, -0.05) is 48.9 Å². The van der Waals surface area contributed by atoms with E-state index >= 15 is 0 Å². The van der Waals surface area contributed by atoms with E-state index in [2.05, 4.69) is 6.92 Å². The van der Waals surface area contributed by atoms with Gasteiger partial charge in [-0.2, -0.15) is 0 Å². The number of hydrogen-bond acceptors (Lipinski definition) is 4. The number of benzene rings is 2. The van der Waals surface area contributed by atoms with Crippen molar-refractivity contribution in [2.75, 3.05) is 19.7 Å². The molecule has 1 aliphatic heterocycles. The van der Waals surface area contributed by atoms with E-state index in [1.807, 2.05) is 49.4 Å². The Kier molecular flexibility index (Phi) is 6.23. The minimum atomic E-state index is -0.516. The van der Waals surface area contributed by atoms with Gasteiger partial charge in [0.15, 0.2) is 6.61 Å². The summed E-state index contributed by atoms with van der Waals surface area (Å²) >= 11 is 6.17. The molecule has 3 aromatic rings. The highest BCUT2D eigenvalue weighted by atomic mass is 35.5. The van der Waals surface area contributed by atoms with E-state index in [0.717, 1.165) is 24.9 Å². The van der Waals surface area contributed by atoms with Crippen molar-refractivity contribution in [3.63, 3.8) is 0 Å². The maximum Gasteiger partial charge on any atom is 0.339 e. The number of rotatable bonds is 4. The van der Waals surface area contributed by atoms with Gasteiger partial charge in [-0.05, 0) is 49.4 Å². The normalized spacial score (nSPS) is 16.4. The van der Waals surface area contributed by atoms with Crippen molar-refractivity contribution >= 4 is 34.4 Å². The third-order valence-electron chi connectivity index (χ3n) is 5.77. The number of fused-ring (bicyclic) bond motifs is 1. The molecule has 0 bridgehead atoms. The zero-order valence-corrected chi connectivity index (χ0v) is 18.5. The Morgan fingerprint density at radius 1 is 1.19 bits per heavy atom. The lowest BCUT2D eigenvalue weighted by Crippen LogP contribution is -2.41. The van der Waals surface area contributed by atoms with Crippen molar-refractivity contribution in [2.45, 2.75) is 26.7 Å². The number of carbonyl (C=O) groups excluding carboxylic acids is 2. The first-order valence-corrected chi connectivity index (χ1v) is 10.9. The third-order valence-corrected chi connectivity index (χ3v) is 6.01. The van der Waals surface area contributed by atoms with Crippen molar-refractivity contribution in [3.05, 3.63) is 64.7 Å². The molecule has 2 heterocycles. The van der Waals surface area contributed by atoms with Crippen LogP contribution in [0, 0.1) is 12.8 Å². The molecule has 31 heavy (non-hydrogen) atoms. The number of carbonyl (C=O) groups is 2. The van der Waals surface area contributed by atoms with Gasteiger partial charge in [-0.15, -0.1) is 0 Å². The molecule has 5 nitrogen and oxygen atoms in total. The Hall–Kier alpha value is -2.92. The van der Waals surface area contributed by atoms with Crippen LogP contribution in [0.2, 0.25) is 5.02 Å². The second-order valence-corrected chi connectivity index (χ2v) is 8.59. The topological polar surface area (TPSA) is 59.5 Å². The van der Waals surface area contributed by atoms with Crippen LogP contribution in [0.1, 0.15) is 35.7 Å². The van der Waals surface area contributed by atoms with Crippen molar-refractivity contribution in [1.29, 1.82) is 0 Å². The molecule has 1 amide bonds. The molecule has 6 heteroatoms. The number of nitrogens with zero attached hydrogens (tertiary/aromatic N) is 2. The van der Waals surface area contributed by atoms with Gasteiger partial charge in [0.25, 0.3) is 5.91 Å². The van der Waals surface area contributed by atoms with Gasteiger partial charge >= 0.3 is 5.97 Å². The number of para-hydroxylation sites is 1. The Bertz CT molecular complexity index is 1140. The van der Waals surface area contributed by atoms with Crippen LogP contribution in [0.5, 0.6) is 0 Å². The Balaban J connectivity index is 1.65. The highest BCUT2D eigenvalue weighted by Gasteiger charge is 2.24. The number of aromatic nitrogens is 1. The number of likely N-dealkylation sites (tertiary alicyclic amines) is 1. The molecule has 2 aromatic carbocycles. The maximum absolute atomic E-state index is 13.1. The van der Waals surface area contributed by atoms with Crippen LogP contribution < -0.4 is 0 Å². The van der Waals surface area contributed by atoms with Crippen molar-refractivity contribution in [3.8, 4) is 11.3 Å². The molecule has 1 aliphatic rings. The summed E-state index contributed by atoms with van der Waals surface area (Å²) in [7, 11) is 0. The van der Waals surface area contributed by atoms with Crippen LogP contribution in [-0.4, -0.2) is 41.5 Å². The SMILES string of the molecule is Cc1c(-c2cccc(Cl)c2)nc2ccccc2c1C(=O)OCC(=O)N1CCCC(C)C1. The van der Waals surface area contributed by atoms with E-state index in [1.54, 1.807) is 11.0 Å². The highest BCUT2D eigenvalue weighted by molar-refractivity contribution is 6.30. The van der Waals surface area contributed by atoms with Gasteiger partial charge in [-0.3, -0.25) is 4.79 Å². The fourth-order valence-corrected chi connectivity index (χ4v) is 4.38. The van der Waals surface area contributed by atoms with Gasteiger partial charge in [0.1, 0.15) is 0 Å². The second kappa shape index (κ2) is 9.06. The number of piperidine rings is 1. The molecular weight excluding hydrogens is 412 g/mol. The van der Waals surface area contributed by atoms with Crippen LogP contribution in [0.15, 0.2) is 48.5 Å². The van der Waals surface area contributed by atoms with E-state index in [0.29, 0.717) is 45.2 Å². The summed E-state index contributed by atoms with van der Waals surface area (Å²) < 4.78 is 5.50. The van der Waals surface area contributed by atoms with Crippen LogP contribution in [0.4, 0.5) is 0 Å². The Labute approximate surface area is 187 Å². The minimum Gasteiger partial charge on any atom is -0.452 e. The summed E-state index contributed by atoms with van der Waals surface area (Å²) in [5, 5.41) is 1.30. The lowest BCUT2D eigenvalue weighted by atomic mass is 9.98. The molecule has 0 radical (unpaired) electrons. The van der Waals surface area contributed by atoms with Crippen LogP contribution in [-0.2, 0) is 9.53 Å². The summed E-state index contributed by atoms with van der Waals surface area (Å²) in [5.74, 6) is -0.191. The molecule has 160 valence electrons. The van der Waals surface area contributed by atoms with Crippen LogP contribution in [0.25, 0.3) is 22.2 Å². The Morgan fingerprint density at radius 2 is 2.00 bits per heavy atom. The summed E-state index contributed by atoms with van der Waals surface area (Å²) in [5.41, 5.74) is 3.31. The first kappa shape index (κ1) is 21.3. The van der Waals surface area contributed by atoms with E-state index in [9.17, 15) is 9.59 Å². The smallest absolute Gasteiger partial charge is 0.339 e. The largest absolute Gasteiger partial charge is 0.452 e. The van der Waals surface area contributed by atoms with Gasteiger partial charge < -0.3 is 9.64 Å². The summed E-state index contributed by atoms with van der Waals surface area (Å²) in [6.45, 7) is 5.16. The molecule has 0 spiro atoms. The third kappa shape index (κ3) is 4.57. The monoisotopic (exact) mass is 436 g/mol. The van der Waals surface area contributed by atoms with Gasteiger partial charge in [-0.25, -0.2) is 9.78 Å². The zero-order valence-electron chi connectivity index (χ0n) is 17.7. The number of esters is 1. The molecule has 1 aromatic heterocycles. The van der Waals surface area contributed by atoms with E-state index in [-0.39, 0.29) is 12.5 Å². The summed E-state index contributed by atoms with van der Waals surface area (Å²) in [6.07, 6.45) is 2.11. The maximum atomic E-state index is 13.1. The average molecular weight is 437 g/mol. The molecule has 4 rings (SSSR count). The Morgan fingerprint density at radius 3 is 2.77 bits per heavy atom. The predicted octanol–water partition coefficient (Wildman–Crippen LogP) is 5.28. The fraction of sp³-hybridized carbons (Fsp3) is 0.320. The van der Waals surface area contributed by atoms with Crippen LogP contribution >= 0.6 is 11.6 Å². The number of hydrogen-bond donors (Lipinski definition) is 0. The second-order valence-electron chi connectivity index (χ2n) is 8.15. The van der Waals surface area contributed by atoms with Gasteiger partial charge in [0.05, 0.1) is 16.8 Å². The minimum absolute atomic E-state index is 0.147. The molecule has 1 saturated heterocycles. The zero-order chi connectivity index (χ0) is 22.0. The standard InChI is InChI=1S/C25H25ClN2O3/c1-16-7-6-12-28(14-16)22(29)15-31-25(30)23-17(2)24(18-8-5-9-19(26)13-18)27-21-11-4-3-10-20(21)23/h3-5,8-11,13,16H,6-7,12,14-15H2,1-2H3. The molecule has 1 fully saturated rings. The molecule has 0 saturated carbocycles. The number of ether oxygens (including phenoxy) is 1. The average Bonchev–Trinajstić information content (AvgIpc) is 2.76. The summed E-state index contributed by atoms with van der Waals surface area (Å²) in [6, 6.07) is 14.8. The number of amides is 1. The molecule has 1 unspecified atom stereocenters. The van der Waals surface area contributed by atoms with E-state index in [1.165, 1.54) is 0 Å². The van der Waals surface area contributed by atoms with E-state index in [4.69, 9.17) is 21.3 Å². The first-order valence-electron chi connectivity index (χ1n) is 10.5. The summed E-state index contributed by atoms with van der Waals surface area (Å²) in [4.78, 5) is 32.3. The quantitative estimate of drug-likeness (QED) is 0.522. The molecular formula is C25H25ClN2O3. The van der Waals surface area contributed by atoms with Gasteiger partial charge in [0.2, 0.25) is 0 Å². The molecule has 0 aliphatic carbocycles. The van der Waals surface area contributed by atoms with Crippen LogP contribution in [0.3, 0.4) is 0 Å². The lowest BCUT2D eigenvalue weighted by Gasteiger charge is -2.30. The molecule has 1 atom stereocenters. The van der Waals surface area contributed by atoms with E-state index < -0.39 is 5.97 Å². The van der Waals surface area contributed by atoms with Gasteiger partial charge in [0, 0.05) is 29.1 Å².